The summed E-state index contributed by atoms with van der Waals surface area (Å²) in [6, 6.07) is 36.2. The highest BCUT2D eigenvalue weighted by molar-refractivity contribution is 5.95. The number of anilines is 1. The Balaban J connectivity index is 1.50. The molecule has 1 atom stereocenters. The van der Waals surface area contributed by atoms with Gasteiger partial charge in [0.2, 0.25) is 0 Å². The van der Waals surface area contributed by atoms with Crippen molar-refractivity contribution in [3.05, 3.63) is 120 Å². The van der Waals surface area contributed by atoms with E-state index in [0.29, 0.717) is 6.54 Å². The summed E-state index contributed by atoms with van der Waals surface area (Å²) in [4.78, 5) is 12.9. The zero-order valence-corrected chi connectivity index (χ0v) is 18.1. The molecule has 1 amide bonds. The largest absolute Gasteiger partial charge is 0.497 e. The van der Waals surface area contributed by atoms with Crippen molar-refractivity contribution >= 4 is 11.6 Å². The van der Waals surface area contributed by atoms with Crippen molar-refractivity contribution in [2.75, 3.05) is 19.0 Å². The lowest BCUT2D eigenvalue weighted by molar-refractivity contribution is -0.676. The molecule has 4 nitrogen and oxygen atoms in total. The normalized spacial score (nSPS) is 11.5. The van der Waals surface area contributed by atoms with Gasteiger partial charge in [0, 0.05) is 22.4 Å². The summed E-state index contributed by atoms with van der Waals surface area (Å²) in [5.41, 5.74) is 5.17. The monoisotopic (exact) mass is 423 g/mol. The van der Waals surface area contributed by atoms with Crippen LogP contribution in [0.5, 0.6) is 5.75 Å². The van der Waals surface area contributed by atoms with E-state index in [2.05, 4.69) is 34.9 Å². The maximum Gasteiger partial charge on any atom is 0.279 e. The number of hydrogen-bond acceptors (Lipinski definition) is 2. The average molecular weight is 424 g/mol. The maximum atomic E-state index is 12.9. The predicted octanol–water partition coefficient (Wildman–Crippen LogP) is 4.65. The van der Waals surface area contributed by atoms with Crippen LogP contribution in [0, 0.1) is 0 Å². The minimum Gasteiger partial charge on any atom is -0.497 e. The fourth-order valence-electron chi connectivity index (χ4n) is 3.82. The van der Waals surface area contributed by atoms with Crippen LogP contribution in [0.4, 0.5) is 5.69 Å². The van der Waals surface area contributed by atoms with E-state index in [0.717, 1.165) is 33.7 Å². The second-order valence-electron chi connectivity index (χ2n) is 7.56. The van der Waals surface area contributed by atoms with Crippen molar-refractivity contribution in [3.63, 3.8) is 0 Å². The number of para-hydroxylation sites is 1. The lowest BCUT2D eigenvalue weighted by Crippen LogP contribution is -2.87. The molecule has 0 aliphatic carbocycles. The van der Waals surface area contributed by atoms with Crippen LogP contribution in [0.15, 0.2) is 109 Å². The molecule has 0 radical (unpaired) electrons. The van der Waals surface area contributed by atoms with Crippen LogP contribution in [0.2, 0.25) is 0 Å². The van der Waals surface area contributed by atoms with Crippen molar-refractivity contribution < 1.29 is 14.8 Å². The first-order valence-electron chi connectivity index (χ1n) is 10.7. The Morgan fingerprint density at radius 3 is 2.06 bits per heavy atom. The van der Waals surface area contributed by atoms with Crippen molar-refractivity contribution in [1.82, 2.24) is 0 Å². The van der Waals surface area contributed by atoms with Crippen molar-refractivity contribution in [2.24, 2.45) is 0 Å². The van der Waals surface area contributed by atoms with Crippen LogP contribution in [0.3, 0.4) is 0 Å². The van der Waals surface area contributed by atoms with E-state index in [1.54, 1.807) is 7.11 Å². The summed E-state index contributed by atoms with van der Waals surface area (Å²) in [5, 5.41) is 5.16. The number of nitrogens with two attached hydrogens (primary N) is 1. The zero-order chi connectivity index (χ0) is 22.2. The van der Waals surface area contributed by atoms with Gasteiger partial charge in [-0.3, -0.25) is 4.79 Å². The molecule has 0 unspecified atom stereocenters. The van der Waals surface area contributed by atoms with Crippen molar-refractivity contribution in [1.29, 1.82) is 0 Å². The molecule has 0 heterocycles. The van der Waals surface area contributed by atoms with E-state index in [-0.39, 0.29) is 11.9 Å². The van der Waals surface area contributed by atoms with Gasteiger partial charge < -0.3 is 15.4 Å². The molecule has 0 aromatic heterocycles. The number of hydrogen-bond donors (Lipinski definition) is 2. The van der Waals surface area contributed by atoms with Gasteiger partial charge in [-0.1, -0.05) is 78.9 Å². The van der Waals surface area contributed by atoms with E-state index in [1.807, 2.05) is 84.9 Å². The quantitative estimate of drug-likeness (QED) is 0.433. The molecule has 32 heavy (non-hydrogen) atoms. The number of rotatable bonds is 8. The number of amides is 1. The Labute approximate surface area is 188 Å². The minimum atomic E-state index is -0.0391. The summed E-state index contributed by atoms with van der Waals surface area (Å²) in [5.74, 6) is 0.777. The third-order valence-corrected chi connectivity index (χ3v) is 5.46. The second kappa shape index (κ2) is 10.4. The van der Waals surface area contributed by atoms with E-state index < -0.39 is 0 Å². The SMILES string of the molecule is COc1ccc([C@@H]([NH2+]CC(=O)Nc2ccccc2-c2ccccc2)c2ccccc2)cc1. The van der Waals surface area contributed by atoms with Gasteiger partial charge in [-0.2, -0.15) is 0 Å². The average Bonchev–Trinajstić information content (AvgIpc) is 2.86. The van der Waals surface area contributed by atoms with Gasteiger partial charge in [0.05, 0.1) is 7.11 Å². The Kier molecular flexibility index (Phi) is 6.95. The number of benzene rings is 4. The number of carbonyl (C=O) groups excluding carboxylic acids is 1. The van der Waals surface area contributed by atoms with Crippen LogP contribution in [0.25, 0.3) is 11.1 Å². The molecule has 0 aliphatic heterocycles. The fraction of sp³-hybridized carbons (Fsp3) is 0.107. The van der Waals surface area contributed by atoms with E-state index in [1.165, 1.54) is 0 Å². The highest BCUT2D eigenvalue weighted by atomic mass is 16.5. The molecule has 3 N–H and O–H groups in total. The number of quaternary nitrogens is 1. The van der Waals surface area contributed by atoms with Crippen LogP contribution >= 0.6 is 0 Å². The molecule has 4 aromatic carbocycles. The molecule has 0 fully saturated rings. The second-order valence-corrected chi connectivity index (χ2v) is 7.56. The molecule has 4 heteroatoms. The van der Waals surface area contributed by atoms with Gasteiger partial charge in [0.25, 0.3) is 5.91 Å². The fourth-order valence-corrected chi connectivity index (χ4v) is 3.82. The number of methoxy groups -OCH3 is 1. The predicted molar refractivity (Wildman–Crippen MR) is 129 cm³/mol. The maximum absolute atomic E-state index is 12.9. The lowest BCUT2D eigenvalue weighted by Gasteiger charge is -2.17. The number of carbonyl (C=O) groups is 1. The molecule has 160 valence electrons. The van der Waals surface area contributed by atoms with Gasteiger partial charge in [0.15, 0.2) is 6.54 Å². The van der Waals surface area contributed by atoms with Gasteiger partial charge in [-0.15, -0.1) is 0 Å². The van der Waals surface area contributed by atoms with Crippen molar-refractivity contribution in [2.45, 2.75) is 6.04 Å². The molecule has 0 bridgehead atoms. The standard InChI is InChI=1S/C28H26N2O2/c1-32-24-18-16-23(17-19-24)28(22-12-6-3-7-13-22)29-20-27(31)30-26-15-9-8-14-25(26)21-10-4-2-5-11-21/h2-19,28-29H,20H2,1H3,(H,30,31)/p+1/t28-/m0/s1. The zero-order valence-electron chi connectivity index (χ0n) is 18.1. The Morgan fingerprint density at radius 2 is 1.38 bits per heavy atom. The third kappa shape index (κ3) is 5.23. The molecule has 0 spiro atoms. The van der Waals surface area contributed by atoms with Crippen LogP contribution < -0.4 is 15.4 Å². The molecular weight excluding hydrogens is 396 g/mol. The first-order valence-corrected chi connectivity index (χ1v) is 10.7. The molecule has 4 rings (SSSR count). The lowest BCUT2D eigenvalue weighted by atomic mass is 9.98. The number of ether oxygens (including phenoxy) is 1. The molecule has 0 saturated carbocycles. The summed E-state index contributed by atoms with van der Waals surface area (Å²) in [6.45, 7) is 0.300. The molecule has 0 saturated heterocycles. The summed E-state index contributed by atoms with van der Waals surface area (Å²) >= 11 is 0. The van der Waals surface area contributed by atoms with Crippen molar-refractivity contribution in [3.8, 4) is 16.9 Å². The Bertz CT molecular complexity index is 1140. The highest BCUT2D eigenvalue weighted by Crippen LogP contribution is 2.27. The highest BCUT2D eigenvalue weighted by Gasteiger charge is 2.19. The molecule has 0 aliphatic rings. The van der Waals surface area contributed by atoms with Gasteiger partial charge in [-0.05, 0) is 35.9 Å². The molecular formula is C28H27N2O2+. The summed E-state index contributed by atoms with van der Waals surface area (Å²) < 4.78 is 5.29. The van der Waals surface area contributed by atoms with Gasteiger partial charge in [-0.25, -0.2) is 0 Å². The minimum absolute atomic E-state index is 0.0113. The van der Waals surface area contributed by atoms with E-state index in [9.17, 15) is 4.79 Å². The molecule has 4 aromatic rings. The third-order valence-electron chi connectivity index (χ3n) is 5.46. The number of nitrogens with one attached hydrogen (secondary N) is 1. The smallest absolute Gasteiger partial charge is 0.279 e. The first kappa shape index (κ1) is 21.3. The van der Waals surface area contributed by atoms with Gasteiger partial charge in [0.1, 0.15) is 11.8 Å². The van der Waals surface area contributed by atoms with Crippen LogP contribution in [-0.2, 0) is 4.79 Å². The Morgan fingerprint density at radius 1 is 0.781 bits per heavy atom. The summed E-state index contributed by atoms with van der Waals surface area (Å²) in [7, 11) is 1.66. The van der Waals surface area contributed by atoms with Gasteiger partial charge >= 0.3 is 0 Å². The first-order chi connectivity index (χ1) is 15.7. The Hall–Kier alpha value is -3.89. The topological polar surface area (TPSA) is 54.9 Å². The van der Waals surface area contributed by atoms with Crippen LogP contribution in [0.1, 0.15) is 17.2 Å². The summed E-state index contributed by atoms with van der Waals surface area (Å²) in [6.07, 6.45) is 0. The van der Waals surface area contributed by atoms with Crippen LogP contribution in [-0.4, -0.2) is 19.6 Å². The van der Waals surface area contributed by atoms with E-state index >= 15 is 0 Å². The van der Waals surface area contributed by atoms with E-state index in [4.69, 9.17) is 4.74 Å².